The Morgan fingerprint density at radius 1 is 1.50 bits per heavy atom. The first-order valence-corrected chi connectivity index (χ1v) is 6.16. The largest absolute Gasteiger partial charge is 0.497 e. The van der Waals surface area contributed by atoms with E-state index in [-0.39, 0.29) is 18.5 Å². The number of methoxy groups -OCH3 is 1. The van der Waals surface area contributed by atoms with Crippen LogP contribution in [0, 0.1) is 0 Å². The van der Waals surface area contributed by atoms with Crippen molar-refractivity contribution < 1.29 is 9.53 Å². The predicted octanol–water partition coefficient (Wildman–Crippen LogP) is 2.31. The number of carbonyl (C=O) groups excluding carboxylic acids is 1. The second-order valence-corrected chi connectivity index (χ2v) is 4.80. The molecule has 0 heterocycles. The Balaban J connectivity index is 2.77. The molecule has 0 unspecified atom stereocenters. The zero-order valence-electron chi connectivity index (χ0n) is 11.2. The SMILES string of the molecule is COc1ccc(Cl)c(N(C)CC(=O)NC(C)C)c1. The molecule has 0 aliphatic rings. The molecular weight excluding hydrogens is 252 g/mol. The first-order valence-electron chi connectivity index (χ1n) is 5.78. The van der Waals surface area contributed by atoms with Crippen LogP contribution in [0.2, 0.25) is 5.02 Å². The van der Waals surface area contributed by atoms with Gasteiger partial charge in [0, 0.05) is 19.2 Å². The van der Waals surface area contributed by atoms with Gasteiger partial charge in [0.15, 0.2) is 0 Å². The minimum absolute atomic E-state index is 0.0358. The third-order valence-corrected chi connectivity index (χ3v) is 2.71. The molecule has 0 aliphatic heterocycles. The average Bonchev–Trinajstić information content (AvgIpc) is 2.28. The topological polar surface area (TPSA) is 41.6 Å². The monoisotopic (exact) mass is 270 g/mol. The minimum atomic E-state index is -0.0358. The predicted molar refractivity (Wildman–Crippen MR) is 74.6 cm³/mol. The van der Waals surface area contributed by atoms with Gasteiger partial charge in [-0.25, -0.2) is 0 Å². The molecule has 0 aliphatic carbocycles. The quantitative estimate of drug-likeness (QED) is 0.893. The molecule has 1 aromatic carbocycles. The molecule has 0 fully saturated rings. The smallest absolute Gasteiger partial charge is 0.239 e. The fourth-order valence-electron chi connectivity index (χ4n) is 1.58. The van der Waals surface area contributed by atoms with Gasteiger partial charge in [-0.3, -0.25) is 4.79 Å². The molecule has 0 spiro atoms. The second-order valence-electron chi connectivity index (χ2n) is 4.40. The van der Waals surface area contributed by atoms with Gasteiger partial charge >= 0.3 is 0 Å². The van der Waals surface area contributed by atoms with Gasteiger partial charge in [-0.05, 0) is 26.0 Å². The van der Waals surface area contributed by atoms with Gasteiger partial charge in [-0.1, -0.05) is 11.6 Å². The van der Waals surface area contributed by atoms with E-state index in [1.54, 1.807) is 24.1 Å². The summed E-state index contributed by atoms with van der Waals surface area (Å²) in [6.07, 6.45) is 0. The van der Waals surface area contributed by atoms with Crippen LogP contribution in [0.3, 0.4) is 0 Å². The van der Waals surface area contributed by atoms with Crippen molar-refractivity contribution in [2.75, 3.05) is 25.6 Å². The molecule has 0 radical (unpaired) electrons. The Bertz CT molecular complexity index is 421. The molecule has 1 amide bonds. The normalized spacial score (nSPS) is 10.3. The summed E-state index contributed by atoms with van der Waals surface area (Å²) in [5.41, 5.74) is 0.773. The molecule has 0 saturated carbocycles. The molecule has 1 rings (SSSR count). The van der Waals surface area contributed by atoms with Crippen LogP contribution in [0.5, 0.6) is 5.75 Å². The van der Waals surface area contributed by atoms with Gasteiger partial charge in [0.2, 0.25) is 5.91 Å². The van der Waals surface area contributed by atoms with Gasteiger partial charge in [0.05, 0.1) is 24.4 Å². The molecule has 1 N–H and O–H groups in total. The molecular formula is C13H19ClN2O2. The summed E-state index contributed by atoms with van der Waals surface area (Å²) >= 11 is 6.11. The zero-order valence-corrected chi connectivity index (χ0v) is 11.9. The molecule has 0 bridgehead atoms. The lowest BCUT2D eigenvalue weighted by atomic mass is 10.2. The van der Waals surface area contributed by atoms with Crippen LogP contribution >= 0.6 is 11.6 Å². The zero-order chi connectivity index (χ0) is 13.7. The number of benzene rings is 1. The molecule has 4 nitrogen and oxygen atoms in total. The minimum Gasteiger partial charge on any atom is -0.497 e. The van der Waals surface area contributed by atoms with Crippen LogP contribution in [-0.4, -0.2) is 32.7 Å². The maximum atomic E-state index is 11.7. The highest BCUT2D eigenvalue weighted by Crippen LogP contribution is 2.29. The molecule has 0 aromatic heterocycles. The van der Waals surface area contributed by atoms with Crippen LogP contribution in [-0.2, 0) is 4.79 Å². The molecule has 5 heteroatoms. The third kappa shape index (κ3) is 4.11. The number of anilines is 1. The highest BCUT2D eigenvalue weighted by atomic mass is 35.5. The summed E-state index contributed by atoms with van der Waals surface area (Å²) in [6, 6.07) is 5.48. The Morgan fingerprint density at radius 3 is 2.72 bits per heavy atom. The lowest BCUT2D eigenvalue weighted by molar-refractivity contribution is -0.120. The van der Waals surface area contributed by atoms with Crippen molar-refractivity contribution in [3.63, 3.8) is 0 Å². The molecule has 18 heavy (non-hydrogen) atoms. The van der Waals surface area contributed by atoms with Gasteiger partial charge in [0.25, 0.3) is 0 Å². The molecule has 0 atom stereocenters. The first kappa shape index (κ1) is 14.6. The van der Waals surface area contributed by atoms with Crippen LogP contribution in [0.4, 0.5) is 5.69 Å². The van der Waals surface area contributed by atoms with Crippen molar-refractivity contribution in [3.05, 3.63) is 23.2 Å². The number of likely N-dealkylation sites (N-methyl/N-ethyl adjacent to an activating group) is 1. The highest BCUT2D eigenvalue weighted by Gasteiger charge is 2.12. The van der Waals surface area contributed by atoms with E-state index in [1.807, 2.05) is 27.0 Å². The lowest BCUT2D eigenvalue weighted by Gasteiger charge is -2.21. The third-order valence-electron chi connectivity index (χ3n) is 2.39. The Morgan fingerprint density at radius 2 is 2.17 bits per heavy atom. The number of rotatable bonds is 5. The Kier molecular flexibility index (Phi) is 5.28. The van der Waals surface area contributed by atoms with E-state index >= 15 is 0 Å². The van der Waals surface area contributed by atoms with Crippen molar-refractivity contribution in [1.82, 2.24) is 5.32 Å². The Labute approximate surface area is 113 Å². The van der Waals surface area contributed by atoms with Crippen LogP contribution in [0.25, 0.3) is 0 Å². The van der Waals surface area contributed by atoms with Gasteiger partial charge in [0.1, 0.15) is 5.75 Å². The Hall–Kier alpha value is -1.42. The summed E-state index contributed by atoms with van der Waals surface area (Å²) in [7, 11) is 3.42. The summed E-state index contributed by atoms with van der Waals surface area (Å²) in [5, 5.41) is 3.43. The average molecular weight is 271 g/mol. The number of nitrogens with zero attached hydrogens (tertiary/aromatic N) is 1. The lowest BCUT2D eigenvalue weighted by Crippen LogP contribution is -2.38. The number of amides is 1. The van der Waals surface area contributed by atoms with Crippen molar-refractivity contribution in [1.29, 1.82) is 0 Å². The van der Waals surface area contributed by atoms with E-state index in [9.17, 15) is 4.79 Å². The number of halogens is 1. The number of hydrogen-bond donors (Lipinski definition) is 1. The van der Waals surface area contributed by atoms with E-state index < -0.39 is 0 Å². The summed E-state index contributed by atoms with van der Waals surface area (Å²) in [4.78, 5) is 13.5. The first-order chi connectivity index (χ1) is 8.43. The van der Waals surface area contributed by atoms with E-state index in [2.05, 4.69) is 5.32 Å². The maximum absolute atomic E-state index is 11.7. The van der Waals surface area contributed by atoms with E-state index in [0.717, 1.165) is 5.69 Å². The molecule has 100 valence electrons. The van der Waals surface area contributed by atoms with E-state index in [0.29, 0.717) is 10.8 Å². The highest BCUT2D eigenvalue weighted by molar-refractivity contribution is 6.33. The number of carbonyl (C=O) groups is 1. The van der Waals surface area contributed by atoms with Crippen molar-refractivity contribution in [2.24, 2.45) is 0 Å². The summed E-state index contributed by atoms with van der Waals surface area (Å²) in [5.74, 6) is 0.678. The van der Waals surface area contributed by atoms with Crippen LogP contribution in [0.1, 0.15) is 13.8 Å². The van der Waals surface area contributed by atoms with E-state index in [1.165, 1.54) is 0 Å². The fourth-order valence-corrected chi connectivity index (χ4v) is 1.84. The van der Waals surface area contributed by atoms with Crippen molar-refractivity contribution in [2.45, 2.75) is 19.9 Å². The number of nitrogens with one attached hydrogen (secondary N) is 1. The summed E-state index contributed by atoms with van der Waals surface area (Å²) < 4.78 is 5.14. The van der Waals surface area contributed by atoms with Crippen LogP contribution in [0.15, 0.2) is 18.2 Å². The fraction of sp³-hybridized carbons (Fsp3) is 0.462. The van der Waals surface area contributed by atoms with Crippen molar-refractivity contribution >= 4 is 23.2 Å². The molecule has 0 saturated heterocycles. The van der Waals surface area contributed by atoms with Gasteiger partial charge in [-0.2, -0.15) is 0 Å². The van der Waals surface area contributed by atoms with Gasteiger partial charge < -0.3 is 15.0 Å². The second kappa shape index (κ2) is 6.50. The maximum Gasteiger partial charge on any atom is 0.239 e. The van der Waals surface area contributed by atoms with E-state index in [4.69, 9.17) is 16.3 Å². The standard InChI is InChI=1S/C13H19ClN2O2/c1-9(2)15-13(17)8-16(3)12-7-10(18-4)5-6-11(12)14/h5-7,9H,8H2,1-4H3,(H,15,17). The summed E-state index contributed by atoms with van der Waals surface area (Å²) in [6.45, 7) is 4.11. The van der Waals surface area contributed by atoms with Gasteiger partial charge in [-0.15, -0.1) is 0 Å². The van der Waals surface area contributed by atoms with Crippen molar-refractivity contribution in [3.8, 4) is 5.75 Å². The molecule has 1 aromatic rings. The van der Waals surface area contributed by atoms with Crippen LogP contribution < -0.4 is 15.0 Å². The number of hydrogen-bond acceptors (Lipinski definition) is 3. The number of ether oxygens (including phenoxy) is 1.